The van der Waals surface area contributed by atoms with Crippen molar-refractivity contribution < 1.29 is 9.21 Å². The smallest absolute Gasteiger partial charge is 0.137 e. The summed E-state index contributed by atoms with van der Waals surface area (Å²) < 4.78 is 5.19. The molecule has 0 aliphatic carbocycles. The van der Waals surface area contributed by atoms with Crippen LogP contribution in [0.25, 0.3) is 0 Å². The van der Waals surface area contributed by atoms with E-state index >= 15 is 0 Å². The Morgan fingerprint density at radius 3 is 2.55 bits per heavy atom. The molecule has 1 heterocycles. The van der Waals surface area contributed by atoms with Crippen LogP contribution in [0.1, 0.15) is 23.8 Å². The number of hydrogen-bond donors (Lipinski definition) is 0. The van der Waals surface area contributed by atoms with Crippen LogP contribution in [0.4, 0.5) is 0 Å². The highest BCUT2D eigenvalue weighted by Crippen LogP contribution is 2.15. The number of aryl methyl sites for hydroxylation is 1. The van der Waals surface area contributed by atoms with Crippen LogP contribution in [0.2, 0.25) is 0 Å². The summed E-state index contributed by atoms with van der Waals surface area (Å²) in [5, 5.41) is 0. The molecular weight excluding hydrogens is 140 g/mol. The van der Waals surface area contributed by atoms with Gasteiger partial charge in [-0.2, -0.15) is 0 Å². The number of ketones is 1. The Morgan fingerprint density at radius 1 is 1.55 bits per heavy atom. The quantitative estimate of drug-likeness (QED) is 0.649. The monoisotopic (exact) mass is 152 g/mol. The van der Waals surface area contributed by atoms with Crippen LogP contribution in [-0.4, -0.2) is 5.78 Å². The third-order valence-corrected chi connectivity index (χ3v) is 1.80. The fourth-order valence-electron chi connectivity index (χ4n) is 0.957. The number of carbonyl (C=O) groups is 1. The van der Waals surface area contributed by atoms with E-state index < -0.39 is 0 Å². The normalized spacial score (nSPS) is 10.1. The largest absolute Gasteiger partial charge is 0.468 e. The standard InChI is InChI=1S/C9H12O2/c1-6-5-11-9(8(6)3)4-7(2)10/h5H,4H2,1-3H3. The first-order chi connectivity index (χ1) is 5.11. The molecule has 0 saturated carbocycles. The Kier molecular flexibility index (Phi) is 2.13. The van der Waals surface area contributed by atoms with Crippen molar-refractivity contribution in [2.75, 3.05) is 0 Å². The van der Waals surface area contributed by atoms with Crippen molar-refractivity contribution in [2.24, 2.45) is 0 Å². The molecule has 0 fully saturated rings. The molecule has 0 amide bonds. The highest BCUT2D eigenvalue weighted by Gasteiger charge is 2.07. The fourth-order valence-corrected chi connectivity index (χ4v) is 0.957. The summed E-state index contributed by atoms with van der Waals surface area (Å²) in [6, 6.07) is 0. The van der Waals surface area contributed by atoms with E-state index in [1.165, 1.54) is 0 Å². The minimum Gasteiger partial charge on any atom is -0.468 e. The third kappa shape index (κ3) is 1.70. The summed E-state index contributed by atoms with van der Waals surface area (Å²) in [5.74, 6) is 0.942. The van der Waals surface area contributed by atoms with Gasteiger partial charge in [0.05, 0.1) is 12.7 Å². The van der Waals surface area contributed by atoms with Crippen molar-refractivity contribution >= 4 is 5.78 Å². The van der Waals surface area contributed by atoms with E-state index in [-0.39, 0.29) is 5.78 Å². The number of furan rings is 1. The molecule has 0 aliphatic rings. The summed E-state index contributed by atoms with van der Waals surface area (Å²) >= 11 is 0. The van der Waals surface area contributed by atoms with Crippen LogP contribution >= 0.6 is 0 Å². The first kappa shape index (κ1) is 8.05. The Hall–Kier alpha value is -1.05. The van der Waals surface area contributed by atoms with Gasteiger partial charge >= 0.3 is 0 Å². The molecule has 11 heavy (non-hydrogen) atoms. The molecule has 2 nitrogen and oxygen atoms in total. The Morgan fingerprint density at radius 2 is 2.18 bits per heavy atom. The molecule has 0 unspecified atom stereocenters. The van der Waals surface area contributed by atoms with Crippen molar-refractivity contribution in [3.63, 3.8) is 0 Å². The zero-order valence-electron chi connectivity index (χ0n) is 7.10. The van der Waals surface area contributed by atoms with E-state index in [2.05, 4.69) is 0 Å². The molecule has 1 aromatic rings. The highest BCUT2D eigenvalue weighted by molar-refractivity contribution is 5.77. The van der Waals surface area contributed by atoms with Gasteiger partial charge in [0.25, 0.3) is 0 Å². The first-order valence-corrected chi connectivity index (χ1v) is 3.64. The van der Waals surface area contributed by atoms with E-state index in [1.54, 1.807) is 13.2 Å². The lowest BCUT2D eigenvalue weighted by molar-refractivity contribution is -0.116. The van der Waals surface area contributed by atoms with E-state index in [9.17, 15) is 4.79 Å². The molecular formula is C9H12O2. The summed E-state index contributed by atoms with van der Waals surface area (Å²) in [7, 11) is 0. The summed E-state index contributed by atoms with van der Waals surface area (Å²) in [4.78, 5) is 10.7. The van der Waals surface area contributed by atoms with Gasteiger partial charge in [0.1, 0.15) is 11.5 Å². The van der Waals surface area contributed by atoms with Crippen molar-refractivity contribution in [1.82, 2.24) is 0 Å². The predicted octanol–water partition coefficient (Wildman–Crippen LogP) is 2.03. The van der Waals surface area contributed by atoms with Crippen molar-refractivity contribution in [3.8, 4) is 0 Å². The van der Waals surface area contributed by atoms with Gasteiger partial charge in [-0.3, -0.25) is 4.79 Å². The second-order valence-corrected chi connectivity index (χ2v) is 2.85. The molecule has 0 spiro atoms. The molecule has 0 aliphatic heterocycles. The SMILES string of the molecule is CC(=O)Cc1occ(C)c1C. The minimum atomic E-state index is 0.141. The number of rotatable bonds is 2. The van der Waals surface area contributed by atoms with Gasteiger partial charge in [-0.1, -0.05) is 0 Å². The van der Waals surface area contributed by atoms with E-state index in [4.69, 9.17) is 4.42 Å². The summed E-state index contributed by atoms with van der Waals surface area (Å²) in [6.45, 7) is 5.51. The molecule has 1 rings (SSSR count). The molecule has 0 bridgehead atoms. The zero-order chi connectivity index (χ0) is 8.43. The number of Topliss-reactive ketones (excluding diaryl/α,β-unsaturated/α-hetero) is 1. The first-order valence-electron chi connectivity index (χ1n) is 3.64. The van der Waals surface area contributed by atoms with E-state index in [0.717, 1.165) is 16.9 Å². The lowest BCUT2D eigenvalue weighted by Gasteiger charge is -1.92. The van der Waals surface area contributed by atoms with E-state index in [1.807, 2.05) is 13.8 Å². The predicted molar refractivity (Wildman–Crippen MR) is 42.6 cm³/mol. The van der Waals surface area contributed by atoms with Crippen LogP contribution in [0, 0.1) is 13.8 Å². The van der Waals surface area contributed by atoms with Gasteiger partial charge in [-0.05, 0) is 31.9 Å². The average molecular weight is 152 g/mol. The summed E-state index contributed by atoms with van der Waals surface area (Å²) in [6.07, 6.45) is 2.10. The molecule has 60 valence electrons. The van der Waals surface area contributed by atoms with E-state index in [0.29, 0.717) is 6.42 Å². The van der Waals surface area contributed by atoms with Gasteiger partial charge in [0.2, 0.25) is 0 Å². The highest BCUT2D eigenvalue weighted by atomic mass is 16.3. The lowest BCUT2D eigenvalue weighted by Crippen LogP contribution is -1.96. The second kappa shape index (κ2) is 2.91. The van der Waals surface area contributed by atoms with Crippen molar-refractivity contribution in [3.05, 3.63) is 23.2 Å². The van der Waals surface area contributed by atoms with Crippen LogP contribution in [0.3, 0.4) is 0 Å². The molecule has 0 saturated heterocycles. The Bertz CT molecular complexity index is 271. The van der Waals surface area contributed by atoms with Gasteiger partial charge in [0, 0.05) is 0 Å². The minimum absolute atomic E-state index is 0.141. The zero-order valence-corrected chi connectivity index (χ0v) is 7.10. The van der Waals surface area contributed by atoms with Gasteiger partial charge in [0.15, 0.2) is 0 Å². The Balaban J connectivity index is 2.87. The maximum Gasteiger partial charge on any atom is 0.137 e. The van der Waals surface area contributed by atoms with Crippen LogP contribution in [0.5, 0.6) is 0 Å². The summed E-state index contributed by atoms with van der Waals surface area (Å²) in [5.41, 5.74) is 2.21. The Labute approximate surface area is 66.2 Å². The third-order valence-electron chi connectivity index (χ3n) is 1.80. The lowest BCUT2D eigenvalue weighted by atomic mass is 10.1. The van der Waals surface area contributed by atoms with Gasteiger partial charge in [-0.15, -0.1) is 0 Å². The number of hydrogen-bond acceptors (Lipinski definition) is 2. The van der Waals surface area contributed by atoms with Crippen molar-refractivity contribution in [2.45, 2.75) is 27.2 Å². The van der Waals surface area contributed by atoms with Crippen LogP contribution < -0.4 is 0 Å². The molecule has 0 atom stereocenters. The van der Waals surface area contributed by atoms with Gasteiger partial charge in [-0.25, -0.2) is 0 Å². The maximum absolute atomic E-state index is 10.7. The average Bonchev–Trinajstić information content (AvgIpc) is 2.18. The van der Waals surface area contributed by atoms with Crippen molar-refractivity contribution in [1.29, 1.82) is 0 Å². The van der Waals surface area contributed by atoms with Gasteiger partial charge < -0.3 is 4.42 Å². The molecule has 2 heteroatoms. The maximum atomic E-state index is 10.7. The number of carbonyl (C=O) groups excluding carboxylic acids is 1. The fraction of sp³-hybridized carbons (Fsp3) is 0.444. The topological polar surface area (TPSA) is 30.2 Å². The van der Waals surface area contributed by atoms with Crippen LogP contribution in [0.15, 0.2) is 10.7 Å². The molecule has 0 aromatic carbocycles. The molecule has 0 radical (unpaired) electrons. The van der Waals surface area contributed by atoms with Crippen LogP contribution in [-0.2, 0) is 11.2 Å². The second-order valence-electron chi connectivity index (χ2n) is 2.85. The molecule has 1 aromatic heterocycles. The molecule has 0 N–H and O–H groups in total.